The van der Waals surface area contributed by atoms with Crippen molar-refractivity contribution in [1.29, 1.82) is 0 Å². The highest BCUT2D eigenvalue weighted by atomic mass is 28.4. The third kappa shape index (κ3) is 4.36. The van der Waals surface area contributed by atoms with Crippen LogP contribution >= 0.6 is 0 Å². The fourth-order valence-corrected chi connectivity index (χ4v) is 6.05. The first-order chi connectivity index (χ1) is 8.29. The number of rotatable bonds is 9. The molecule has 0 atom stereocenters. The van der Waals surface area contributed by atoms with Gasteiger partial charge in [-0.25, -0.2) is 0 Å². The van der Waals surface area contributed by atoms with E-state index < -0.39 is 8.72 Å². The van der Waals surface area contributed by atoms with Gasteiger partial charge in [-0.1, -0.05) is 27.2 Å². The normalized spacial score (nSPS) is 19.9. The monoisotopic (exact) mass is 259 g/mol. The first-order valence-electron chi connectivity index (χ1n) is 7.32. The van der Waals surface area contributed by atoms with Crippen LogP contribution in [-0.4, -0.2) is 39.6 Å². The highest BCUT2D eigenvalue weighted by molar-refractivity contribution is 6.65. The molecule has 1 heterocycles. The molecular weight excluding hydrogens is 230 g/mol. The van der Waals surface area contributed by atoms with Crippen LogP contribution in [0.3, 0.4) is 0 Å². The van der Waals surface area contributed by atoms with E-state index in [0.717, 1.165) is 38.6 Å². The van der Waals surface area contributed by atoms with Gasteiger partial charge < -0.3 is 8.85 Å². The fraction of sp³-hybridized carbons (Fsp3) is 1.00. The molecule has 0 amide bonds. The summed E-state index contributed by atoms with van der Waals surface area (Å²) in [7, 11) is -2.01. The molecule has 0 bridgehead atoms. The van der Waals surface area contributed by atoms with E-state index in [1.54, 1.807) is 0 Å². The third-order valence-electron chi connectivity index (χ3n) is 3.25. The fourth-order valence-electron chi connectivity index (χ4n) is 2.34. The summed E-state index contributed by atoms with van der Waals surface area (Å²) in [6.45, 7) is 10.7. The van der Waals surface area contributed by atoms with Crippen molar-refractivity contribution < 1.29 is 8.85 Å². The average Bonchev–Trinajstić information content (AvgIpc) is 2.75. The van der Waals surface area contributed by atoms with Crippen LogP contribution in [-0.2, 0) is 8.85 Å². The maximum Gasteiger partial charge on any atom is 0.427 e. The molecular formula is C13H29NO2Si. The molecule has 102 valence electrons. The summed E-state index contributed by atoms with van der Waals surface area (Å²) in [5.74, 6) is 0. The van der Waals surface area contributed by atoms with Crippen LogP contribution in [0.25, 0.3) is 0 Å². The number of hydrogen-bond acceptors (Lipinski definition) is 3. The van der Waals surface area contributed by atoms with E-state index in [2.05, 4.69) is 25.3 Å². The Bertz CT molecular complexity index is 194. The number of nitrogens with zero attached hydrogens (tertiary/aromatic N) is 1. The van der Waals surface area contributed by atoms with E-state index in [4.69, 9.17) is 8.85 Å². The molecule has 1 aliphatic rings. The molecule has 0 aromatic heterocycles. The second-order valence-corrected chi connectivity index (χ2v) is 7.99. The maximum absolute atomic E-state index is 6.19. The molecule has 1 rings (SSSR count). The van der Waals surface area contributed by atoms with E-state index >= 15 is 0 Å². The van der Waals surface area contributed by atoms with Gasteiger partial charge >= 0.3 is 8.72 Å². The van der Waals surface area contributed by atoms with Crippen molar-refractivity contribution in [1.82, 2.24) is 4.57 Å². The minimum absolute atomic E-state index is 0.860. The Morgan fingerprint density at radius 3 is 2.18 bits per heavy atom. The van der Waals surface area contributed by atoms with Crippen molar-refractivity contribution in [2.24, 2.45) is 0 Å². The summed E-state index contributed by atoms with van der Waals surface area (Å²) < 4.78 is 14.9. The zero-order valence-corrected chi connectivity index (χ0v) is 12.8. The Labute approximate surface area is 108 Å². The van der Waals surface area contributed by atoms with Crippen LogP contribution in [0, 0.1) is 0 Å². The molecule has 0 saturated carbocycles. The first kappa shape index (κ1) is 15.2. The van der Waals surface area contributed by atoms with Crippen molar-refractivity contribution in [3.8, 4) is 0 Å². The summed E-state index contributed by atoms with van der Waals surface area (Å²) in [5, 5.41) is 0. The standard InChI is InChI=1S/C13H29NO2Si/c1-4-7-9-14-10-8-13-17(14,15-11-5-2)16-12-6-3/h4-13H2,1-3H3. The minimum atomic E-state index is -2.01. The summed E-state index contributed by atoms with van der Waals surface area (Å²) in [6.07, 6.45) is 5.95. The van der Waals surface area contributed by atoms with E-state index in [9.17, 15) is 0 Å². The highest BCUT2D eigenvalue weighted by Gasteiger charge is 2.48. The zero-order valence-electron chi connectivity index (χ0n) is 11.8. The van der Waals surface area contributed by atoms with E-state index in [0.29, 0.717) is 0 Å². The van der Waals surface area contributed by atoms with E-state index in [-0.39, 0.29) is 0 Å². The Kier molecular flexibility index (Phi) is 7.35. The number of hydrogen-bond donors (Lipinski definition) is 0. The van der Waals surface area contributed by atoms with Gasteiger partial charge in [0.05, 0.1) is 0 Å². The summed E-state index contributed by atoms with van der Waals surface area (Å²) in [6, 6.07) is 1.16. The molecule has 0 radical (unpaired) electrons. The SMILES string of the molecule is CCCCN1CCC[Si]1(OCCC)OCCC. The Hall–Kier alpha value is 0.0969. The molecule has 0 unspecified atom stereocenters. The van der Waals surface area contributed by atoms with Crippen molar-refractivity contribution in [3.05, 3.63) is 0 Å². The molecule has 0 N–H and O–H groups in total. The van der Waals surface area contributed by atoms with Crippen molar-refractivity contribution in [2.45, 2.75) is 58.9 Å². The second kappa shape index (κ2) is 8.24. The van der Waals surface area contributed by atoms with Gasteiger partial charge in [-0.3, -0.25) is 4.57 Å². The van der Waals surface area contributed by atoms with Gasteiger partial charge in [-0.2, -0.15) is 0 Å². The maximum atomic E-state index is 6.19. The molecule has 4 heteroatoms. The molecule has 1 fully saturated rings. The minimum Gasteiger partial charge on any atom is -0.383 e. The lowest BCUT2D eigenvalue weighted by atomic mass is 10.3. The van der Waals surface area contributed by atoms with Gasteiger partial charge in [0.15, 0.2) is 0 Å². The summed E-state index contributed by atoms with van der Waals surface area (Å²) >= 11 is 0. The molecule has 0 spiro atoms. The van der Waals surface area contributed by atoms with Crippen LogP contribution < -0.4 is 0 Å². The predicted octanol–water partition coefficient (Wildman–Crippen LogP) is 3.28. The molecule has 17 heavy (non-hydrogen) atoms. The van der Waals surface area contributed by atoms with E-state index in [1.807, 2.05) is 0 Å². The molecule has 3 nitrogen and oxygen atoms in total. The van der Waals surface area contributed by atoms with Crippen LogP contribution in [0.2, 0.25) is 6.04 Å². The molecule has 1 saturated heterocycles. The van der Waals surface area contributed by atoms with Crippen molar-refractivity contribution in [3.63, 3.8) is 0 Å². The molecule has 0 aromatic rings. The summed E-state index contributed by atoms with van der Waals surface area (Å²) in [5.41, 5.74) is 0. The predicted molar refractivity (Wildman–Crippen MR) is 74.1 cm³/mol. The second-order valence-electron chi connectivity index (χ2n) is 4.85. The topological polar surface area (TPSA) is 21.7 Å². The van der Waals surface area contributed by atoms with Gasteiger partial charge in [0.25, 0.3) is 0 Å². The zero-order chi connectivity index (χ0) is 12.6. The molecule has 0 aromatic carbocycles. The van der Waals surface area contributed by atoms with Crippen molar-refractivity contribution in [2.75, 3.05) is 26.3 Å². The smallest absolute Gasteiger partial charge is 0.383 e. The van der Waals surface area contributed by atoms with Crippen LogP contribution in [0.1, 0.15) is 52.9 Å². The lowest BCUT2D eigenvalue weighted by Gasteiger charge is -2.34. The van der Waals surface area contributed by atoms with Gasteiger partial charge in [-0.05, 0) is 38.8 Å². The van der Waals surface area contributed by atoms with Gasteiger partial charge in [0.2, 0.25) is 0 Å². The molecule has 1 aliphatic heterocycles. The number of unbranched alkanes of at least 4 members (excludes halogenated alkanes) is 1. The van der Waals surface area contributed by atoms with E-state index in [1.165, 1.54) is 25.8 Å². The van der Waals surface area contributed by atoms with Crippen molar-refractivity contribution >= 4 is 8.72 Å². The van der Waals surface area contributed by atoms with Gasteiger partial charge in [0.1, 0.15) is 0 Å². The summed E-state index contributed by atoms with van der Waals surface area (Å²) in [4.78, 5) is 0. The molecule has 0 aliphatic carbocycles. The Morgan fingerprint density at radius 1 is 1.00 bits per heavy atom. The highest BCUT2D eigenvalue weighted by Crippen LogP contribution is 2.29. The van der Waals surface area contributed by atoms with Crippen LogP contribution in [0.4, 0.5) is 0 Å². The average molecular weight is 259 g/mol. The largest absolute Gasteiger partial charge is 0.427 e. The van der Waals surface area contributed by atoms with Gasteiger partial charge in [-0.15, -0.1) is 0 Å². The lowest BCUT2D eigenvalue weighted by molar-refractivity contribution is 0.124. The lowest BCUT2D eigenvalue weighted by Crippen LogP contribution is -2.55. The Morgan fingerprint density at radius 2 is 1.65 bits per heavy atom. The third-order valence-corrected chi connectivity index (χ3v) is 6.95. The van der Waals surface area contributed by atoms with Crippen LogP contribution in [0.5, 0.6) is 0 Å². The van der Waals surface area contributed by atoms with Gasteiger partial charge in [0, 0.05) is 19.3 Å². The first-order valence-corrected chi connectivity index (χ1v) is 9.29. The Balaban J connectivity index is 2.57. The van der Waals surface area contributed by atoms with Crippen LogP contribution in [0.15, 0.2) is 0 Å². The quantitative estimate of drug-likeness (QED) is 0.593.